The number of benzene rings is 3. The van der Waals surface area contributed by atoms with Crippen LogP contribution in [0.25, 0.3) is 6.08 Å². The third-order valence-electron chi connectivity index (χ3n) is 4.85. The van der Waals surface area contributed by atoms with E-state index in [1.54, 1.807) is 24.3 Å². The Labute approximate surface area is 202 Å². The summed E-state index contributed by atoms with van der Waals surface area (Å²) in [6.07, 6.45) is 1.53. The summed E-state index contributed by atoms with van der Waals surface area (Å²) in [5.74, 6) is 0.630. The summed E-state index contributed by atoms with van der Waals surface area (Å²) >= 11 is 3.53. The molecule has 0 radical (unpaired) electrons. The van der Waals surface area contributed by atoms with Crippen molar-refractivity contribution in [2.24, 2.45) is 0 Å². The Hall–Kier alpha value is -3.56. The summed E-state index contributed by atoms with van der Waals surface area (Å²) < 4.78 is 12.4. The van der Waals surface area contributed by atoms with Gasteiger partial charge < -0.3 is 14.8 Å². The van der Waals surface area contributed by atoms with Gasteiger partial charge in [0, 0.05) is 10.2 Å². The number of hydrogen-bond acceptors (Lipinski definition) is 4. The number of ether oxygens (including phenoxy) is 2. The van der Waals surface area contributed by atoms with Gasteiger partial charge in [0.1, 0.15) is 18.2 Å². The van der Waals surface area contributed by atoms with Crippen LogP contribution in [-0.2, 0) is 11.4 Å². The lowest BCUT2D eigenvalue weighted by molar-refractivity contribution is -0.112. The van der Waals surface area contributed by atoms with Crippen molar-refractivity contribution in [3.05, 3.63) is 93.0 Å². The molecule has 0 fully saturated rings. The third kappa shape index (κ3) is 6.71. The van der Waals surface area contributed by atoms with Crippen LogP contribution in [0.1, 0.15) is 29.2 Å². The molecule has 6 heteroatoms. The standard InChI is InChI=1S/C27H25BrN2O3/c1-4-32-25-14-21(13-22(16-29)27(31)30-23-11-7-19(3)8-12-23)24(28)15-26(25)33-17-20-9-5-18(2)6-10-20/h5-15H,4,17H2,1-3H3,(H,30,31)/b22-13+. The van der Waals surface area contributed by atoms with E-state index in [4.69, 9.17) is 9.47 Å². The van der Waals surface area contributed by atoms with Crippen LogP contribution < -0.4 is 14.8 Å². The fourth-order valence-corrected chi connectivity index (χ4v) is 3.46. The lowest BCUT2D eigenvalue weighted by Gasteiger charge is -2.14. The highest BCUT2D eigenvalue weighted by atomic mass is 79.9. The van der Waals surface area contributed by atoms with Crippen molar-refractivity contribution in [3.8, 4) is 17.6 Å². The molecule has 0 saturated carbocycles. The molecule has 0 aliphatic heterocycles. The van der Waals surface area contributed by atoms with Crippen LogP contribution in [-0.4, -0.2) is 12.5 Å². The molecule has 0 heterocycles. The molecule has 168 valence electrons. The maximum atomic E-state index is 12.6. The SMILES string of the molecule is CCOc1cc(/C=C(\C#N)C(=O)Nc2ccc(C)cc2)c(Br)cc1OCc1ccc(C)cc1. The third-order valence-corrected chi connectivity index (χ3v) is 5.54. The monoisotopic (exact) mass is 504 g/mol. The molecule has 0 aliphatic carbocycles. The lowest BCUT2D eigenvalue weighted by Crippen LogP contribution is -2.13. The van der Waals surface area contributed by atoms with Crippen LogP contribution in [0.5, 0.6) is 11.5 Å². The van der Waals surface area contributed by atoms with Gasteiger partial charge in [-0.3, -0.25) is 4.79 Å². The number of rotatable bonds is 8. The van der Waals surface area contributed by atoms with Gasteiger partial charge in [-0.2, -0.15) is 5.26 Å². The maximum Gasteiger partial charge on any atom is 0.266 e. The van der Waals surface area contributed by atoms with Gasteiger partial charge in [-0.15, -0.1) is 0 Å². The first-order valence-electron chi connectivity index (χ1n) is 10.5. The number of nitrogens with zero attached hydrogens (tertiary/aromatic N) is 1. The normalized spacial score (nSPS) is 10.9. The Kier molecular flexibility index (Phi) is 8.28. The second kappa shape index (κ2) is 11.3. The molecule has 0 saturated heterocycles. The first-order valence-corrected chi connectivity index (χ1v) is 11.3. The number of nitrogens with one attached hydrogen (secondary N) is 1. The largest absolute Gasteiger partial charge is 0.490 e. The van der Waals surface area contributed by atoms with Crippen LogP contribution in [0.15, 0.2) is 70.7 Å². The molecular formula is C27H25BrN2O3. The maximum absolute atomic E-state index is 12.6. The van der Waals surface area contributed by atoms with E-state index in [9.17, 15) is 10.1 Å². The average molecular weight is 505 g/mol. The average Bonchev–Trinajstić information content (AvgIpc) is 2.80. The zero-order valence-corrected chi connectivity index (χ0v) is 20.4. The van der Waals surface area contributed by atoms with Gasteiger partial charge in [-0.05, 0) is 62.2 Å². The zero-order valence-electron chi connectivity index (χ0n) is 18.8. The van der Waals surface area contributed by atoms with Crippen LogP contribution >= 0.6 is 15.9 Å². The summed E-state index contributed by atoms with van der Waals surface area (Å²) in [5, 5.41) is 12.3. The molecular weight excluding hydrogens is 480 g/mol. The molecule has 0 bridgehead atoms. The minimum Gasteiger partial charge on any atom is -0.490 e. The summed E-state index contributed by atoms with van der Waals surface area (Å²) in [5.41, 5.74) is 4.56. The minimum absolute atomic E-state index is 0.0213. The van der Waals surface area contributed by atoms with E-state index in [1.165, 1.54) is 11.6 Å². The number of hydrogen-bond donors (Lipinski definition) is 1. The summed E-state index contributed by atoms with van der Waals surface area (Å²) in [6.45, 7) is 6.73. The Balaban J connectivity index is 1.83. The summed E-state index contributed by atoms with van der Waals surface area (Å²) in [4.78, 5) is 12.6. The van der Waals surface area contributed by atoms with E-state index in [0.717, 1.165) is 11.1 Å². The number of anilines is 1. The molecule has 0 aliphatic rings. The van der Waals surface area contributed by atoms with Crippen molar-refractivity contribution in [3.63, 3.8) is 0 Å². The predicted octanol–water partition coefficient (Wildman–Crippen LogP) is 6.59. The molecule has 3 aromatic rings. The van der Waals surface area contributed by atoms with Gasteiger partial charge in [-0.25, -0.2) is 0 Å². The van der Waals surface area contributed by atoms with E-state index in [2.05, 4.69) is 21.2 Å². The number of nitriles is 1. The zero-order chi connectivity index (χ0) is 23.8. The quantitative estimate of drug-likeness (QED) is 0.277. The molecule has 3 aromatic carbocycles. The fraction of sp³-hybridized carbons (Fsp3) is 0.185. The highest BCUT2D eigenvalue weighted by Crippen LogP contribution is 2.35. The van der Waals surface area contributed by atoms with Crippen LogP contribution in [0.3, 0.4) is 0 Å². The molecule has 5 nitrogen and oxygen atoms in total. The van der Waals surface area contributed by atoms with E-state index in [-0.39, 0.29) is 5.57 Å². The Bertz CT molecular complexity index is 1190. The van der Waals surface area contributed by atoms with Crippen molar-refractivity contribution in [2.75, 3.05) is 11.9 Å². The van der Waals surface area contributed by atoms with Gasteiger partial charge in [-0.1, -0.05) is 63.5 Å². The van der Waals surface area contributed by atoms with Crippen molar-refractivity contribution in [1.82, 2.24) is 0 Å². The molecule has 0 aromatic heterocycles. The smallest absolute Gasteiger partial charge is 0.266 e. The van der Waals surface area contributed by atoms with Gasteiger partial charge in [0.05, 0.1) is 6.61 Å². The summed E-state index contributed by atoms with van der Waals surface area (Å²) in [7, 11) is 0. The van der Waals surface area contributed by atoms with Crippen molar-refractivity contribution >= 4 is 33.6 Å². The lowest BCUT2D eigenvalue weighted by atomic mass is 10.1. The highest BCUT2D eigenvalue weighted by molar-refractivity contribution is 9.10. The van der Waals surface area contributed by atoms with Gasteiger partial charge >= 0.3 is 0 Å². The fourth-order valence-electron chi connectivity index (χ4n) is 3.03. The van der Waals surface area contributed by atoms with Crippen molar-refractivity contribution in [2.45, 2.75) is 27.4 Å². The highest BCUT2D eigenvalue weighted by Gasteiger charge is 2.14. The number of carbonyl (C=O) groups is 1. The van der Waals surface area contributed by atoms with Crippen LogP contribution in [0, 0.1) is 25.2 Å². The van der Waals surface area contributed by atoms with E-state index in [0.29, 0.717) is 40.4 Å². The number of aryl methyl sites for hydroxylation is 2. The number of halogens is 1. The Morgan fingerprint density at radius 1 is 1.00 bits per heavy atom. The number of amides is 1. The molecule has 0 atom stereocenters. The summed E-state index contributed by atoms with van der Waals surface area (Å²) in [6, 6.07) is 21.0. The predicted molar refractivity (Wildman–Crippen MR) is 134 cm³/mol. The molecule has 0 spiro atoms. The topological polar surface area (TPSA) is 71.3 Å². The van der Waals surface area contributed by atoms with E-state index < -0.39 is 5.91 Å². The molecule has 33 heavy (non-hydrogen) atoms. The first kappa shape index (κ1) is 24.1. The molecule has 3 rings (SSSR count). The molecule has 1 N–H and O–H groups in total. The Morgan fingerprint density at radius 3 is 2.21 bits per heavy atom. The van der Waals surface area contributed by atoms with Crippen molar-refractivity contribution in [1.29, 1.82) is 5.26 Å². The molecule has 1 amide bonds. The van der Waals surface area contributed by atoms with Gasteiger partial charge in [0.2, 0.25) is 0 Å². The minimum atomic E-state index is -0.481. The number of carbonyl (C=O) groups excluding carboxylic acids is 1. The second-order valence-electron chi connectivity index (χ2n) is 7.52. The van der Waals surface area contributed by atoms with Crippen molar-refractivity contribution < 1.29 is 14.3 Å². The first-order chi connectivity index (χ1) is 15.9. The van der Waals surface area contributed by atoms with E-state index >= 15 is 0 Å². The second-order valence-corrected chi connectivity index (χ2v) is 8.37. The van der Waals surface area contributed by atoms with Crippen LogP contribution in [0.4, 0.5) is 5.69 Å². The van der Waals surface area contributed by atoms with E-state index in [1.807, 2.05) is 63.2 Å². The molecule has 0 unspecified atom stereocenters. The van der Waals surface area contributed by atoms with Gasteiger partial charge in [0.25, 0.3) is 5.91 Å². The Morgan fingerprint density at radius 2 is 1.61 bits per heavy atom. The van der Waals surface area contributed by atoms with Gasteiger partial charge in [0.15, 0.2) is 11.5 Å². The van der Waals surface area contributed by atoms with Crippen LogP contribution in [0.2, 0.25) is 0 Å².